The highest BCUT2D eigenvalue weighted by atomic mass is 16.5. The van der Waals surface area contributed by atoms with Gasteiger partial charge in [-0.05, 0) is 43.6 Å². The van der Waals surface area contributed by atoms with Crippen molar-refractivity contribution >= 4 is 11.8 Å². The van der Waals surface area contributed by atoms with E-state index < -0.39 is 40.0 Å². The highest BCUT2D eigenvalue weighted by molar-refractivity contribution is 6.05. The third-order valence-electron chi connectivity index (χ3n) is 9.12. The summed E-state index contributed by atoms with van der Waals surface area (Å²) in [6.45, 7) is 11.3. The van der Waals surface area contributed by atoms with Crippen molar-refractivity contribution < 1.29 is 29.6 Å². The van der Waals surface area contributed by atoms with Crippen LogP contribution in [0.15, 0.2) is 12.2 Å². The first-order valence-corrected chi connectivity index (χ1v) is 10.3. The number of ether oxygens (including phenoxy) is 1. The lowest BCUT2D eigenvalue weighted by Gasteiger charge is -2.69. The van der Waals surface area contributed by atoms with Crippen molar-refractivity contribution in [3.63, 3.8) is 0 Å². The van der Waals surface area contributed by atoms with Gasteiger partial charge in [0.15, 0.2) is 5.78 Å². The van der Waals surface area contributed by atoms with Crippen molar-refractivity contribution in [2.24, 2.45) is 28.1 Å². The molecule has 4 aliphatic carbocycles. The first-order valence-electron chi connectivity index (χ1n) is 10.3. The zero-order chi connectivity index (χ0) is 20.9. The topological polar surface area (TPSA) is 104 Å². The molecule has 6 heteroatoms. The Morgan fingerprint density at radius 3 is 2.43 bits per heavy atom. The maximum absolute atomic E-state index is 13.3. The van der Waals surface area contributed by atoms with Gasteiger partial charge in [0.1, 0.15) is 11.5 Å². The van der Waals surface area contributed by atoms with Crippen LogP contribution in [0.2, 0.25) is 0 Å². The van der Waals surface area contributed by atoms with Gasteiger partial charge in [0.25, 0.3) is 0 Å². The number of hydrogen-bond acceptors (Lipinski definition) is 6. The molecule has 8 atom stereocenters. The van der Waals surface area contributed by atoms with Crippen LogP contribution in [-0.4, -0.2) is 51.0 Å². The molecule has 0 heterocycles. The van der Waals surface area contributed by atoms with E-state index in [2.05, 4.69) is 6.58 Å². The van der Waals surface area contributed by atoms with Gasteiger partial charge in [-0.1, -0.05) is 27.4 Å². The molecule has 2 bridgehead atoms. The van der Waals surface area contributed by atoms with Gasteiger partial charge in [-0.2, -0.15) is 0 Å². The first-order chi connectivity index (χ1) is 12.9. The minimum atomic E-state index is -1.61. The lowest BCUT2D eigenvalue weighted by Crippen LogP contribution is -2.77. The van der Waals surface area contributed by atoms with Crippen molar-refractivity contribution in [1.82, 2.24) is 0 Å². The quantitative estimate of drug-likeness (QED) is 0.464. The summed E-state index contributed by atoms with van der Waals surface area (Å²) in [6, 6.07) is 0. The summed E-state index contributed by atoms with van der Waals surface area (Å²) in [5.74, 6) is -1.29. The predicted octanol–water partition coefficient (Wildman–Crippen LogP) is 1.75. The molecular formula is C22H32O6. The normalized spacial score (nSPS) is 52.0. The van der Waals surface area contributed by atoms with E-state index in [0.29, 0.717) is 31.3 Å². The number of carbonyl (C=O) groups excluding carboxylic acids is 2. The minimum Gasteiger partial charge on any atom is -0.462 e. The number of aliphatic hydroxyl groups is 3. The monoisotopic (exact) mass is 392 g/mol. The molecule has 0 radical (unpaired) electrons. The van der Waals surface area contributed by atoms with Crippen LogP contribution in [0.25, 0.3) is 0 Å². The molecule has 0 aromatic rings. The predicted molar refractivity (Wildman–Crippen MR) is 101 cm³/mol. The molecule has 0 aliphatic heterocycles. The number of ketones is 1. The number of rotatable bonds is 1. The van der Waals surface area contributed by atoms with Crippen LogP contribution in [0, 0.1) is 28.1 Å². The van der Waals surface area contributed by atoms with Gasteiger partial charge in [0.2, 0.25) is 0 Å². The number of esters is 1. The maximum atomic E-state index is 13.3. The smallest absolute Gasteiger partial charge is 0.302 e. The molecule has 0 unspecified atom stereocenters. The molecular weight excluding hydrogens is 360 g/mol. The lowest BCUT2D eigenvalue weighted by molar-refractivity contribution is -0.313. The first kappa shape index (κ1) is 20.0. The number of hydrogen-bond donors (Lipinski definition) is 3. The van der Waals surface area contributed by atoms with Crippen molar-refractivity contribution in [3.05, 3.63) is 12.2 Å². The van der Waals surface area contributed by atoms with Crippen LogP contribution in [0.4, 0.5) is 0 Å². The number of Topliss-reactive ketones (excluding diaryl/α,β-unsaturated/α-hetero) is 1. The van der Waals surface area contributed by atoms with Crippen molar-refractivity contribution in [3.8, 4) is 0 Å². The van der Waals surface area contributed by atoms with E-state index in [-0.39, 0.29) is 30.2 Å². The summed E-state index contributed by atoms with van der Waals surface area (Å²) in [7, 11) is 0. The van der Waals surface area contributed by atoms with Crippen molar-refractivity contribution in [2.45, 2.75) is 83.7 Å². The van der Waals surface area contributed by atoms with Crippen LogP contribution >= 0.6 is 0 Å². The summed E-state index contributed by atoms with van der Waals surface area (Å²) >= 11 is 0. The van der Waals surface area contributed by atoms with Crippen LogP contribution < -0.4 is 0 Å². The lowest BCUT2D eigenvalue weighted by atomic mass is 9.37. The maximum Gasteiger partial charge on any atom is 0.302 e. The van der Waals surface area contributed by atoms with Gasteiger partial charge in [-0.15, -0.1) is 0 Å². The Labute approximate surface area is 166 Å². The van der Waals surface area contributed by atoms with Crippen LogP contribution in [0.3, 0.4) is 0 Å². The highest BCUT2D eigenvalue weighted by Crippen LogP contribution is 2.72. The molecule has 0 saturated heterocycles. The molecule has 4 saturated carbocycles. The second kappa shape index (κ2) is 5.67. The average Bonchev–Trinajstić information content (AvgIpc) is 2.72. The zero-order valence-corrected chi connectivity index (χ0v) is 17.2. The van der Waals surface area contributed by atoms with Gasteiger partial charge in [0.05, 0.1) is 17.8 Å². The number of aliphatic hydroxyl groups excluding tert-OH is 2. The van der Waals surface area contributed by atoms with Crippen LogP contribution in [0.1, 0.15) is 59.8 Å². The third kappa shape index (κ3) is 1.95. The Balaban J connectivity index is 1.85. The molecule has 4 fully saturated rings. The van der Waals surface area contributed by atoms with Gasteiger partial charge in [-0.3, -0.25) is 9.59 Å². The van der Waals surface area contributed by atoms with E-state index in [9.17, 15) is 24.9 Å². The second-order valence-corrected chi connectivity index (χ2v) is 10.4. The summed E-state index contributed by atoms with van der Waals surface area (Å²) < 4.78 is 5.59. The third-order valence-corrected chi connectivity index (χ3v) is 9.12. The molecule has 0 aromatic carbocycles. The molecule has 4 rings (SSSR count). The molecule has 4 aliphatic rings. The molecule has 0 amide bonds. The Hall–Kier alpha value is -1.24. The molecule has 6 nitrogen and oxygen atoms in total. The number of carbonyl (C=O) groups is 2. The van der Waals surface area contributed by atoms with Crippen molar-refractivity contribution in [2.75, 3.05) is 0 Å². The van der Waals surface area contributed by atoms with E-state index >= 15 is 0 Å². The van der Waals surface area contributed by atoms with E-state index in [1.807, 2.05) is 20.8 Å². The number of fused-ring (bicyclic) bond motifs is 3. The Kier molecular flexibility index (Phi) is 4.06. The second-order valence-electron chi connectivity index (χ2n) is 10.4. The Morgan fingerprint density at radius 1 is 1.18 bits per heavy atom. The fourth-order valence-electron chi connectivity index (χ4n) is 7.70. The average molecular weight is 392 g/mol. The molecule has 1 spiro atoms. The van der Waals surface area contributed by atoms with Gasteiger partial charge < -0.3 is 20.1 Å². The Morgan fingerprint density at radius 2 is 1.82 bits per heavy atom. The largest absolute Gasteiger partial charge is 0.462 e. The molecule has 28 heavy (non-hydrogen) atoms. The zero-order valence-electron chi connectivity index (χ0n) is 17.2. The SMILES string of the molecule is C=C1C(=O)[C@@]23[C@H](O)C[C@@H]4C(C)(C)[C@@H](OC(C)=O)CC[C@@]4(C)[C@]2(O)CC[C@@H]1[C@H]3O. The Bertz CT molecular complexity index is 758. The van der Waals surface area contributed by atoms with Crippen molar-refractivity contribution in [1.29, 1.82) is 0 Å². The fourth-order valence-corrected chi connectivity index (χ4v) is 7.70. The summed E-state index contributed by atoms with van der Waals surface area (Å²) in [5, 5.41) is 34.5. The van der Waals surface area contributed by atoms with E-state index in [4.69, 9.17) is 4.74 Å². The minimum absolute atomic E-state index is 0.172. The summed E-state index contributed by atoms with van der Waals surface area (Å²) in [4.78, 5) is 24.9. The standard InChI is InChI=1S/C22H32O6/c1-11-13-6-9-21(27)20(5)8-7-16(28-12(2)23)19(3,4)14(20)10-15(24)22(21,17(11)25)18(13)26/h13-16,18,24,26-27H,1,6-10H2,2-5H3/t13-,14+,15+,16-,18+,20+,21+,22+/m0/s1. The van der Waals surface area contributed by atoms with Gasteiger partial charge >= 0.3 is 5.97 Å². The van der Waals surface area contributed by atoms with Gasteiger partial charge in [-0.25, -0.2) is 0 Å². The fraction of sp³-hybridized carbons (Fsp3) is 0.818. The van der Waals surface area contributed by atoms with E-state index in [0.717, 1.165) is 0 Å². The van der Waals surface area contributed by atoms with E-state index in [1.165, 1.54) is 6.92 Å². The summed E-state index contributed by atoms with van der Waals surface area (Å²) in [5.41, 5.74) is -4.00. The summed E-state index contributed by atoms with van der Waals surface area (Å²) in [6.07, 6.45) is -0.381. The van der Waals surface area contributed by atoms with E-state index in [1.54, 1.807) is 0 Å². The van der Waals surface area contributed by atoms with Crippen LogP contribution in [-0.2, 0) is 14.3 Å². The molecule has 3 N–H and O–H groups in total. The molecule has 0 aromatic heterocycles. The van der Waals surface area contributed by atoms with Crippen LogP contribution in [0.5, 0.6) is 0 Å². The molecule has 156 valence electrons. The van der Waals surface area contributed by atoms with Gasteiger partial charge in [0, 0.05) is 23.7 Å². The highest BCUT2D eigenvalue weighted by Gasteiger charge is 2.81.